The lowest BCUT2D eigenvalue weighted by Crippen LogP contribution is -2.32. The fraction of sp³-hybridized carbons (Fsp3) is 0.105. The predicted molar refractivity (Wildman–Crippen MR) is 84.7 cm³/mol. The summed E-state index contributed by atoms with van der Waals surface area (Å²) in [5.74, 6) is -0.421. The molecule has 0 saturated carbocycles. The lowest BCUT2D eigenvalue weighted by atomic mass is 9.80. The molecular weight excluding hydrogens is 276 g/mol. The van der Waals surface area contributed by atoms with Gasteiger partial charge in [0.25, 0.3) is 0 Å². The van der Waals surface area contributed by atoms with Gasteiger partial charge in [0, 0.05) is 5.56 Å². The van der Waals surface area contributed by atoms with Crippen molar-refractivity contribution in [3.63, 3.8) is 0 Å². The smallest absolute Gasteiger partial charge is 0.195 e. The fourth-order valence-corrected chi connectivity index (χ4v) is 3.23. The Kier molecular flexibility index (Phi) is 2.86. The summed E-state index contributed by atoms with van der Waals surface area (Å²) in [7, 11) is 0. The molecule has 0 fully saturated rings. The number of carbonyl (C=O) groups excluding carboxylic acids is 1. The van der Waals surface area contributed by atoms with Crippen LogP contribution in [0.4, 0.5) is 0 Å². The van der Waals surface area contributed by atoms with E-state index >= 15 is 0 Å². The van der Waals surface area contributed by atoms with Crippen LogP contribution in [-0.4, -0.2) is 22.1 Å². The number of hydrogen-bond donors (Lipinski definition) is 2. The van der Waals surface area contributed by atoms with E-state index in [1.165, 1.54) is 0 Å². The summed E-state index contributed by atoms with van der Waals surface area (Å²) in [4.78, 5) is 12.6. The van der Waals surface area contributed by atoms with Gasteiger partial charge in [0.15, 0.2) is 5.78 Å². The average Bonchev–Trinajstić information content (AvgIpc) is 2.58. The van der Waals surface area contributed by atoms with Gasteiger partial charge in [0.1, 0.15) is 12.2 Å². The molecule has 0 radical (unpaired) electrons. The Bertz CT molecular complexity index is 884. The summed E-state index contributed by atoms with van der Waals surface area (Å²) >= 11 is 0. The van der Waals surface area contributed by atoms with Crippen LogP contribution in [0, 0.1) is 0 Å². The first-order chi connectivity index (χ1) is 10.7. The van der Waals surface area contributed by atoms with Crippen LogP contribution in [0.2, 0.25) is 0 Å². The highest BCUT2D eigenvalue weighted by atomic mass is 16.3. The Labute approximate surface area is 127 Å². The molecule has 3 aromatic rings. The summed E-state index contributed by atoms with van der Waals surface area (Å²) in [6.45, 7) is 0. The van der Waals surface area contributed by atoms with Crippen molar-refractivity contribution in [2.45, 2.75) is 12.2 Å². The van der Waals surface area contributed by atoms with Gasteiger partial charge in [-0.25, -0.2) is 0 Å². The zero-order valence-corrected chi connectivity index (χ0v) is 11.7. The quantitative estimate of drug-likeness (QED) is 0.724. The second kappa shape index (κ2) is 4.77. The van der Waals surface area contributed by atoms with Crippen molar-refractivity contribution < 1.29 is 15.0 Å². The highest BCUT2D eigenvalue weighted by Crippen LogP contribution is 2.40. The monoisotopic (exact) mass is 290 g/mol. The zero-order valence-electron chi connectivity index (χ0n) is 11.7. The fourth-order valence-electron chi connectivity index (χ4n) is 3.23. The van der Waals surface area contributed by atoms with Crippen LogP contribution in [0.3, 0.4) is 0 Å². The van der Waals surface area contributed by atoms with Crippen molar-refractivity contribution >= 4 is 16.6 Å². The van der Waals surface area contributed by atoms with E-state index in [2.05, 4.69) is 0 Å². The van der Waals surface area contributed by atoms with Gasteiger partial charge in [-0.3, -0.25) is 4.79 Å². The van der Waals surface area contributed by atoms with E-state index in [9.17, 15) is 15.0 Å². The molecule has 4 rings (SSSR count). The van der Waals surface area contributed by atoms with Crippen molar-refractivity contribution in [1.29, 1.82) is 0 Å². The topological polar surface area (TPSA) is 57.5 Å². The molecule has 1 aliphatic carbocycles. The van der Waals surface area contributed by atoms with Crippen LogP contribution in [0.25, 0.3) is 21.9 Å². The van der Waals surface area contributed by atoms with Crippen molar-refractivity contribution in [2.24, 2.45) is 0 Å². The molecular formula is C19H14O3. The molecule has 0 bridgehead atoms. The normalized spacial score (nSPS) is 20.4. The third-order valence-electron chi connectivity index (χ3n) is 4.30. The van der Waals surface area contributed by atoms with E-state index < -0.39 is 18.0 Å². The Morgan fingerprint density at radius 1 is 0.773 bits per heavy atom. The zero-order chi connectivity index (χ0) is 15.3. The summed E-state index contributed by atoms with van der Waals surface area (Å²) in [6, 6.07) is 19.0. The van der Waals surface area contributed by atoms with Crippen molar-refractivity contribution in [3.05, 3.63) is 71.8 Å². The van der Waals surface area contributed by atoms with Crippen LogP contribution in [0.5, 0.6) is 0 Å². The molecule has 0 aliphatic heterocycles. The van der Waals surface area contributed by atoms with Gasteiger partial charge < -0.3 is 10.2 Å². The van der Waals surface area contributed by atoms with Crippen LogP contribution >= 0.6 is 0 Å². The largest absolute Gasteiger partial charge is 0.385 e. The summed E-state index contributed by atoms with van der Waals surface area (Å²) in [6.07, 6.45) is -2.59. The van der Waals surface area contributed by atoms with Crippen molar-refractivity contribution in [1.82, 2.24) is 0 Å². The number of aliphatic hydroxyl groups excluding tert-OH is 2. The van der Waals surface area contributed by atoms with Gasteiger partial charge in [-0.1, -0.05) is 60.7 Å². The molecule has 2 N–H and O–H groups in total. The molecule has 0 aromatic heterocycles. The molecule has 3 nitrogen and oxygen atoms in total. The van der Waals surface area contributed by atoms with E-state index in [-0.39, 0.29) is 0 Å². The minimum absolute atomic E-state index is 0.421. The molecule has 22 heavy (non-hydrogen) atoms. The first-order valence-corrected chi connectivity index (χ1v) is 7.20. The average molecular weight is 290 g/mol. The van der Waals surface area contributed by atoms with Gasteiger partial charge >= 0.3 is 0 Å². The van der Waals surface area contributed by atoms with Gasteiger partial charge in [-0.05, 0) is 27.5 Å². The molecule has 0 spiro atoms. The summed E-state index contributed by atoms with van der Waals surface area (Å²) in [5, 5.41) is 22.0. The Hall–Kier alpha value is -2.49. The van der Waals surface area contributed by atoms with Gasteiger partial charge in [0.2, 0.25) is 0 Å². The Morgan fingerprint density at radius 3 is 2.32 bits per heavy atom. The minimum Gasteiger partial charge on any atom is -0.385 e. The predicted octanol–water partition coefficient (Wildman–Crippen LogP) is 3.10. The second-order valence-corrected chi connectivity index (χ2v) is 5.55. The first-order valence-electron chi connectivity index (χ1n) is 7.20. The highest BCUT2D eigenvalue weighted by Gasteiger charge is 2.36. The van der Waals surface area contributed by atoms with Crippen molar-refractivity contribution in [2.75, 3.05) is 0 Å². The first kappa shape index (κ1) is 13.2. The van der Waals surface area contributed by atoms with Gasteiger partial charge in [-0.2, -0.15) is 0 Å². The SMILES string of the molecule is O=C1c2c(-c3ccccc3)ccc3cccc(c23)[C@@H](O)[C@@H]1O. The van der Waals surface area contributed by atoms with Crippen LogP contribution in [-0.2, 0) is 0 Å². The minimum atomic E-state index is -1.41. The molecule has 0 saturated heterocycles. The molecule has 1 aliphatic rings. The number of Topliss-reactive ketones (excluding diaryl/α,β-unsaturated/α-hetero) is 1. The molecule has 0 amide bonds. The third-order valence-corrected chi connectivity index (χ3v) is 4.30. The van der Waals surface area contributed by atoms with E-state index in [0.717, 1.165) is 21.9 Å². The van der Waals surface area contributed by atoms with E-state index in [1.807, 2.05) is 54.6 Å². The van der Waals surface area contributed by atoms with E-state index in [0.29, 0.717) is 11.1 Å². The van der Waals surface area contributed by atoms with Crippen LogP contribution in [0.15, 0.2) is 60.7 Å². The van der Waals surface area contributed by atoms with E-state index in [1.54, 1.807) is 6.07 Å². The molecule has 108 valence electrons. The lowest BCUT2D eigenvalue weighted by molar-refractivity contribution is 0.0193. The number of hydrogen-bond acceptors (Lipinski definition) is 3. The number of carbonyl (C=O) groups is 1. The van der Waals surface area contributed by atoms with E-state index in [4.69, 9.17) is 0 Å². The Morgan fingerprint density at radius 2 is 1.55 bits per heavy atom. The van der Waals surface area contributed by atoms with Crippen LogP contribution < -0.4 is 0 Å². The van der Waals surface area contributed by atoms with Gasteiger partial charge in [0.05, 0.1) is 0 Å². The maximum absolute atomic E-state index is 12.6. The number of benzene rings is 3. The highest BCUT2D eigenvalue weighted by molar-refractivity contribution is 6.18. The molecule has 0 unspecified atom stereocenters. The number of ketones is 1. The summed E-state index contributed by atoms with van der Waals surface area (Å²) < 4.78 is 0. The van der Waals surface area contributed by atoms with Crippen molar-refractivity contribution in [3.8, 4) is 11.1 Å². The Balaban J connectivity index is 2.14. The number of rotatable bonds is 1. The maximum atomic E-state index is 12.6. The number of aliphatic hydroxyl groups is 2. The summed E-state index contributed by atoms with van der Waals surface area (Å²) in [5.41, 5.74) is 2.82. The molecule has 3 heteroatoms. The van der Waals surface area contributed by atoms with Gasteiger partial charge in [-0.15, -0.1) is 0 Å². The maximum Gasteiger partial charge on any atom is 0.195 e. The second-order valence-electron chi connectivity index (χ2n) is 5.55. The third kappa shape index (κ3) is 1.73. The molecule has 3 aromatic carbocycles. The molecule has 0 heterocycles. The molecule has 2 atom stereocenters. The standard InChI is InChI=1S/C19H14O3/c20-17-14-8-4-7-12-9-10-13(11-5-2-1-3-6-11)16(15(12)14)18(21)19(17)22/h1-10,17,19-20,22H/t17-,19+/m1/s1. The van der Waals surface area contributed by atoms with Crippen LogP contribution in [0.1, 0.15) is 22.0 Å². The lowest BCUT2D eigenvalue weighted by Gasteiger charge is -2.27.